The molecule has 1 aliphatic rings. The van der Waals surface area contributed by atoms with Gasteiger partial charge in [0.05, 0.1) is 5.69 Å². The number of rotatable bonds is 6. The van der Waals surface area contributed by atoms with Crippen LogP contribution in [0, 0.1) is 20.8 Å². The van der Waals surface area contributed by atoms with Gasteiger partial charge < -0.3 is 15.2 Å². The van der Waals surface area contributed by atoms with E-state index < -0.39 is 0 Å². The molecule has 2 aromatic rings. The smallest absolute Gasteiger partial charge is 0.315 e. The van der Waals surface area contributed by atoms with Crippen LogP contribution in [0.5, 0.6) is 0 Å². The van der Waals surface area contributed by atoms with Crippen LogP contribution >= 0.6 is 0 Å². The lowest BCUT2D eigenvalue weighted by atomic mass is 9.92. The summed E-state index contributed by atoms with van der Waals surface area (Å²) in [7, 11) is 0. The molecule has 2 amide bonds. The molecule has 1 heterocycles. The second-order valence-electron chi connectivity index (χ2n) is 7.33. The summed E-state index contributed by atoms with van der Waals surface area (Å²) in [4.78, 5) is 12.3. The van der Waals surface area contributed by atoms with E-state index >= 15 is 0 Å². The summed E-state index contributed by atoms with van der Waals surface area (Å²) in [6.45, 7) is 8.65. The summed E-state index contributed by atoms with van der Waals surface area (Å²) in [5, 5.41) is 10.0. The second-order valence-corrected chi connectivity index (χ2v) is 7.33. The topological polar surface area (TPSA) is 67.2 Å². The Bertz CT molecular complexity index is 743. The summed E-state index contributed by atoms with van der Waals surface area (Å²) in [6, 6.07) is 8.37. The van der Waals surface area contributed by atoms with Gasteiger partial charge in [-0.05, 0) is 58.1 Å². The first-order chi connectivity index (χ1) is 11.9. The maximum atomic E-state index is 12.3. The molecule has 1 aromatic heterocycles. The third-order valence-electron chi connectivity index (χ3n) is 5.23. The molecule has 1 saturated carbocycles. The predicted molar refractivity (Wildman–Crippen MR) is 97.8 cm³/mol. The van der Waals surface area contributed by atoms with Crippen LogP contribution in [0.25, 0.3) is 0 Å². The van der Waals surface area contributed by atoms with E-state index in [0.29, 0.717) is 6.54 Å². The van der Waals surface area contributed by atoms with Crippen LogP contribution in [0.1, 0.15) is 47.9 Å². The van der Waals surface area contributed by atoms with Crippen LogP contribution in [0.3, 0.4) is 0 Å². The van der Waals surface area contributed by atoms with Crippen molar-refractivity contribution in [2.24, 2.45) is 0 Å². The van der Waals surface area contributed by atoms with Crippen molar-refractivity contribution in [1.82, 2.24) is 15.8 Å². The van der Waals surface area contributed by atoms with Crippen LogP contribution in [0.15, 0.2) is 28.8 Å². The Hall–Kier alpha value is -2.30. The Morgan fingerprint density at radius 3 is 2.60 bits per heavy atom. The number of aromatic nitrogens is 1. The quantitative estimate of drug-likeness (QED) is 0.844. The van der Waals surface area contributed by atoms with E-state index in [1.807, 2.05) is 20.8 Å². The van der Waals surface area contributed by atoms with Crippen LogP contribution in [-0.2, 0) is 11.8 Å². The summed E-state index contributed by atoms with van der Waals surface area (Å²) in [6.07, 6.45) is 2.98. The molecule has 0 saturated heterocycles. The number of nitrogens with zero attached hydrogens (tertiary/aromatic N) is 1. The number of carbonyl (C=O) groups is 1. The van der Waals surface area contributed by atoms with Gasteiger partial charge in [-0.1, -0.05) is 29.4 Å². The van der Waals surface area contributed by atoms with E-state index in [1.54, 1.807) is 0 Å². The van der Waals surface area contributed by atoms with Gasteiger partial charge in [0.1, 0.15) is 5.76 Å². The minimum atomic E-state index is -0.112. The third-order valence-corrected chi connectivity index (χ3v) is 5.23. The average molecular weight is 341 g/mol. The number of carbonyl (C=O) groups excluding carboxylic acids is 1. The number of nitrogens with one attached hydrogen (secondary N) is 2. The molecule has 0 radical (unpaired) electrons. The van der Waals surface area contributed by atoms with Crippen molar-refractivity contribution in [2.75, 3.05) is 6.54 Å². The molecule has 0 spiro atoms. The van der Waals surface area contributed by atoms with Gasteiger partial charge in [-0.15, -0.1) is 0 Å². The zero-order valence-electron chi connectivity index (χ0n) is 15.5. The van der Waals surface area contributed by atoms with Gasteiger partial charge in [0, 0.05) is 23.6 Å². The molecule has 3 rings (SSSR count). The molecule has 1 fully saturated rings. The molecule has 5 nitrogen and oxygen atoms in total. The lowest BCUT2D eigenvalue weighted by Crippen LogP contribution is -2.44. The number of aryl methyl sites for hydroxylation is 3. The minimum absolute atomic E-state index is 0.0189. The predicted octanol–water partition coefficient (Wildman–Crippen LogP) is 3.56. The van der Waals surface area contributed by atoms with E-state index in [2.05, 4.69) is 47.0 Å². The number of urea groups is 1. The van der Waals surface area contributed by atoms with Gasteiger partial charge in [0.25, 0.3) is 0 Å². The summed E-state index contributed by atoms with van der Waals surface area (Å²) >= 11 is 0. The van der Waals surface area contributed by atoms with Crippen LogP contribution in [0.2, 0.25) is 0 Å². The zero-order chi connectivity index (χ0) is 18.0. The maximum absolute atomic E-state index is 12.3. The van der Waals surface area contributed by atoms with Gasteiger partial charge in [0.2, 0.25) is 0 Å². The standard InChI is InChI=1S/C20H27N3O2/c1-13-7-5-6-8-18(13)20(9-10-20)12-21-19(24)22-14(2)11-17-15(3)23-25-16(17)4/h5-8,14H,9-12H2,1-4H3,(H2,21,22,24). The van der Waals surface area contributed by atoms with E-state index in [-0.39, 0.29) is 17.5 Å². The van der Waals surface area contributed by atoms with Crippen molar-refractivity contribution in [3.05, 3.63) is 52.4 Å². The fourth-order valence-corrected chi connectivity index (χ4v) is 3.53. The number of amides is 2. The lowest BCUT2D eigenvalue weighted by molar-refractivity contribution is 0.236. The molecule has 1 atom stereocenters. The molecular weight excluding hydrogens is 314 g/mol. The van der Waals surface area contributed by atoms with Crippen molar-refractivity contribution < 1.29 is 9.32 Å². The molecule has 5 heteroatoms. The minimum Gasteiger partial charge on any atom is -0.361 e. The largest absolute Gasteiger partial charge is 0.361 e. The number of hydrogen-bond donors (Lipinski definition) is 2. The molecule has 25 heavy (non-hydrogen) atoms. The first kappa shape index (κ1) is 17.5. The first-order valence-electron chi connectivity index (χ1n) is 8.93. The summed E-state index contributed by atoms with van der Waals surface area (Å²) < 4.78 is 5.18. The van der Waals surface area contributed by atoms with Crippen molar-refractivity contribution in [3.63, 3.8) is 0 Å². The first-order valence-corrected chi connectivity index (χ1v) is 8.93. The van der Waals surface area contributed by atoms with Gasteiger partial charge >= 0.3 is 6.03 Å². The second kappa shape index (κ2) is 6.90. The molecule has 134 valence electrons. The maximum Gasteiger partial charge on any atom is 0.315 e. The number of hydrogen-bond acceptors (Lipinski definition) is 3. The van der Waals surface area contributed by atoms with Crippen molar-refractivity contribution in [1.29, 1.82) is 0 Å². The van der Waals surface area contributed by atoms with Crippen molar-refractivity contribution in [2.45, 2.75) is 58.4 Å². The van der Waals surface area contributed by atoms with Crippen LogP contribution in [-0.4, -0.2) is 23.8 Å². The SMILES string of the molecule is Cc1ccccc1C1(CNC(=O)NC(C)Cc2c(C)noc2C)CC1. The van der Waals surface area contributed by atoms with E-state index in [9.17, 15) is 4.79 Å². The monoisotopic (exact) mass is 341 g/mol. The van der Waals surface area contributed by atoms with Crippen molar-refractivity contribution >= 4 is 6.03 Å². The van der Waals surface area contributed by atoms with Crippen molar-refractivity contribution in [3.8, 4) is 0 Å². The lowest BCUT2D eigenvalue weighted by Gasteiger charge is -2.20. The molecule has 2 N–H and O–H groups in total. The van der Waals surface area contributed by atoms with Crippen LogP contribution < -0.4 is 10.6 Å². The molecule has 1 unspecified atom stereocenters. The molecule has 0 aliphatic heterocycles. The molecular formula is C20H27N3O2. The zero-order valence-corrected chi connectivity index (χ0v) is 15.5. The normalized spacial score (nSPS) is 16.3. The average Bonchev–Trinajstić information content (AvgIpc) is 3.30. The Labute approximate surface area is 149 Å². The Morgan fingerprint density at radius 1 is 1.28 bits per heavy atom. The Morgan fingerprint density at radius 2 is 2.00 bits per heavy atom. The summed E-state index contributed by atoms with van der Waals surface area (Å²) in [5.74, 6) is 0.822. The van der Waals surface area contributed by atoms with Gasteiger partial charge in [-0.25, -0.2) is 4.79 Å². The molecule has 1 aliphatic carbocycles. The summed E-state index contributed by atoms with van der Waals surface area (Å²) in [5.41, 5.74) is 4.75. The Balaban J connectivity index is 1.52. The third kappa shape index (κ3) is 3.86. The van der Waals surface area contributed by atoms with Gasteiger partial charge in [0.15, 0.2) is 0 Å². The Kier molecular flexibility index (Phi) is 4.84. The van der Waals surface area contributed by atoms with E-state index in [1.165, 1.54) is 11.1 Å². The molecule has 1 aromatic carbocycles. The van der Waals surface area contributed by atoms with E-state index in [4.69, 9.17) is 4.52 Å². The highest BCUT2D eigenvalue weighted by Crippen LogP contribution is 2.48. The number of benzene rings is 1. The molecule has 0 bridgehead atoms. The fourth-order valence-electron chi connectivity index (χ4n) is 3.53. The van der Waals surface area contributed by atoms with Gasteiger partial charge in [-0.3, -0.25) is 0 Å². The van der Waals surface area contributed by atoms with E-state index in [0.717, 1.165) is 36.3 Å². The van der Waals surface area contributed by atoms with Crippen LogP contribution in [0.4, 0.5) is 4.79 Å². The highest BCUT2D eigenvalue weighted by Gasteiger charge is 2.45. The van der Waals surface area contributed by atoms with Gasteiger partial charge in [-0.2, -0.15) is 0 Å². The fraction of sp³-hybridized carbons (Fsp3) is 0.500. The highest BCUT2D eigenvalue weighted by molar-refractivity contribution is 5.74. The highest BCUT2D eigenvalue weighted by atomic mass is 16.5.